The van der Waals surface area contributed by atoms with E-state index in [4.69, 9.17) is 14.7 Å². The number of aliphatic carboxylic acids is 1. The minimum absolute atomic E-state index is 0.00523. The lowest BCUT2D eigenvalue weighted by atomic mass is 9.66. The first-order valence-corrected chi connectivity index (χ1v) is 15.5. The van der Waals surface area contributed by atoms with E-state index >= 15 is 0 Å². The first-order valence-electron chi connectivity index (χ1n) is 12.7. The van der Waals surface area contributed by atoms with Gasteiger partial charge < -0.3 is 19.6 Å². The van der Waals surface area contributed by atoms with Crippen LogP contribution >= 0.6 is 0 Å². The van der Waals surface area contributed by atoms with Crippen LogP contribution in [0.2, 0.25) is 13.1 Å². The third kappa shape index (κ3) is 11.2. The van der Waals surface area contributed by atoms with Gasteiger partial charge in [0.1, 0.15) is 5.60 Å². The lowest BCUT2D eigenvalue weighted by molar-refractivity contribution is -0.164. The van der Waals surface area contributed by atoms with Crippen LogP contribution in [0, 0.1) is 29.1 Å². The van der Waals surface area contributed by atoms with Crippen molar-refractivity contribution in [2.45, 2.75) is 112 Å². The monoisotopic (exact) mass is 514 g/mol. The molecular formula is C25H50N4O5Si. The second kappa shape index (κ2) is 13.5. The molecule has 0 unspecified atom stereocenters. The van der Waals surface area contributed by atoms with Crippen molar-refractivity contribution in [1.29, 1.82) is 0 Å². The van der Waals surface area contributed by atoms with Crippen LogP contribution in [0.4, 0.5) is 4.79 Å². The fourth-order valence-corrected chi connectivity index (χ4v) is 5.72. The van der Waals surface area contributed by atoms with Crippen molar-refractivity contribution in [3.05, 3.63) is 10.4 Å². The molecule has 35 heavy (non-hydrogen) atoms. The number of ether oxygens (including phenoxy) is 1. The van der Waals surface area contributed by atoms with Crippen LogP contribution < -0.4 is 5.32 Å². The molecule has 10 heteroatoms. The number of nitrogens with one attached hydrogen (secondary N) is 1. The Balaban J connectivity index is 6.62. The predicted molar refractivity (Wildman–Crippen MR) is 143 cm³/mol. The van der Waals surface area contributed by atoms with Gasteiger partial charge in [0.25, 0.3) is 0 Å². The topological polar surface area (TPSA) is 134 Å². The fraction of sp³-hybridized carbons (Fsp3) is 0.920. The quantitative estimate of drug-likeness (QED) is 0.127. The average Bonchev–Trinajstić information content (AvgIpc) is 2.63. The summed E-state index contributed by atoms with van der Waals surface area (Å²) in [6, 6.07) is -0.416. The zero-order chi connectivity index (χ0) is 27.8. The number of nitrogens with zero attached hydrogens (tertiary/aromatic N) is 3. The first-order chi connectivity index (χ1) is 15.8. The molecule has 0 saturated heterocycles. The summed E-state index contributed by atoms with van der Waals surface area (Å²) in [4.78, 5) is 28.5. The maximum Gasteiger partial charge on any atom is 0.407 e. The molecule has 0 radical (unpaired) electrons. The van der Waals surface area contributed by atoms with Crippen molar-refractivity contribution in [2.75, 3.05) is 6.54 Å². The third-order valence-corrected chi connectivity index (χ3v) is 7.33. The highest BCUT2D eigenvalue weighted by atomic mass is 28.3. The van der Waals surface area contributed by atoms with Crippen molar-refractivity contribution in [2.24, 2.45) is 34.2 Å². The number of hydrogen-bond donors (Lipinski definition) is 2. The summed E-state index contributed by atoms with van der Waals surface area (Å²) in [5.74, 6) is -1.32. The zero-order valence-corrected chi connectivity index (χ0v) is 25.2. The Hall–Kier alpha value is -1.77. The maximum absolute atomic E-state index is 12.9. The van der Waals surface area contributed by atoms with Gasteiger partial charge in [-0.2, -0.15) is 0 Å². The molecule has 4 atom stereocenters. The van der Waals surface area contributed by atoms with Crippen molar-refractivity contribution < 1.29 is 23.9 Å². The Morgan fingerprint density at radius 2 is 1.63 bits per heavy atom. The van der Waals surface area contributed by atoms with Gasteiger partial charge >= 0.3 is 12.1 Å². The molecule has 0 rings (SSSR count). The van der Waals surface area contributed by atoms with Crippen LogP contribution in [0.25, 0.3) is 10.4 Å². The Morgan fingerprint density at radius 3 is 1.97 bits per heavy atom. The van der Waals surface area contributed by atoms with E-state index in [9.17, 15) is 14.7 Å². The molecule has 1 amide bonds. The standard InChI is InChI=1S/C25H50N4O5Si/c1-16(2)18(15-27-29-26)13-20(28-22(32)33-24(8,9)10)19(23(5,6)7)14-25(17(3)4,21(30)31)34-35(11)12/h16-20,35H,13-15H2,1-12H3,(H,28,32)(H,30,31)/t18-,19-,20+,25+/m1/s1. The van der Waals surface area contributed by atoms with Crippen LogP contribution in [0.3, 0.4) is 0 Å². The second-order valence-electron chi connectivity index (χ2n) is 12.6. The van der Waals surface area contributed by atoms with E-state index in [1.807, 2.05) is 26.9 Å². The first kappa shape index (κ1) is 33.2. The van der Waals surface area contributed by atoms with Gasteiger partial charge in [-0.15, -0.1) is 0 Å². The number of carbonyl (C=O) groups excluding carboxylic acids is 1. The summed E-state index contributed by atoms with van der Waals surface area (Å²) in [7, 11) is -1.72. The van der Waals surface area contributed by atoms with Crippen LogP contribution in [-0.2, 0) is 14.0 Å². The minimum Gasteiger partial charge on any atom is -0.479 e. The zero-order valence-electron chi connectivity index (χ0n) is 24.0. The summed E-state index contributed by atoms with van der Waals surface area (Å²) in [6.07, 6.45) is 0.208. The van der Waals surface area contributed by atoms with Crippen LogP contribution in [-0.4, -0.2) is 50.0 Å². The van der Waals surface area contributed by atoms with Crippen LogP contribution in [0.15, 0.2) is 5.11 Å². The lowest BCUT2D eigenvalue weighted by Gasteiger charge is -2.45. The Morgan fingerprint density at radius 1 is 1.09 bits per heavy atom. The van der Waals surface area contributed by atoms with E-state index in [0.29, 0.717) is 13.0 Å². The smallest absolute Gasteiger partial charge is 0.407 e. The highest BCUT2D eigenvalue weighted by Gasteiger charge is 2.49. The van der Waals surface area contributed by atoms with Gasteiger partial charge in [0, 0.05) is 17.5 Å². The third-order valence-electron chi connectivity index (χ3n) is 6.44. The van der Waals surface area contributed by atoms with Crippen LogP contribution in [0.5, 0.6) is 0 Å². The maximum atomic E-state index is 12.9. The van der Waals surface area contributed by atoms with E-state index in [1.54, 1.807) is 20.8 Å². The molecule has 204 valence electrons. The molecule has 0 heterocycles. The lowest BCUT2D eigenvalue weighted by Crippen LogP contribution is -2.56. The van der Waals surface area contributed by atoms with Gasteiger partial charge in [0.15, 0.2) is 14.6 Å². The van der Waals surface area contributed by atoms with E-state index in [1.165, 1.54) is 0 Å². The summed E-state index contributed by atoms with van der Waals surface area (Å²) < 4.78 is 11.8. The summed E-state index contributed by atoms with van der Waals surface area (Å²) in [6.45, 7) is 23.7. The van der Waals surface area contributed by atoms with E-state index in [0.717, 1.165) is 0 Å². The van der Waals surface area contributed by atoms with Gasteiger partial charge in [-0.1, -0.05) is 53.6 Å². The molecule has 0 bridgehead atoms. The summed E-state index contributed by atoms with van der Waals surface area (Å²) >= 11 is 0. The number of alkyl carbamates (subject to hydrolysis) is 1. The highest BCUT2D eigenvalue weighted by Crippen LogP contribution is 2.42. The van der Waals surface area contributed by atoms with Gasteiger partial charge in [0.2, 0.25) is 0 Å². The molecule has 0 aliphatic rings. The number of rotatable bonds is 13. The number of hydrogen-bond acceptors (Lipinski definition) is 5. The van der Waals surface area contributed by atoms with Crippen LogP contribution in [0.1, 0.15) is 82.1 Å². The van der Waals surface area contributed by atoms with Gasteiger partial charge in [-0.3, -0.25) is 0 Å². The second-order valence-corrected chi connectivity index (χ2v) is 14.9. The Labute approximate surface area is 214 Å². The van der Waals surface area contributed by atoms with E-state index in [-0.39, 0.29) is 35.5 Å². The molecule has 9 nitrogen and oxygen atoms in total. The van der Waals surface area contributed by atoms with Crippen molar-refractivity contribution in [3.63, 3.8) is 0 Å². The molecule has 0 fully saturated rings. The molecule has 0 aliphatic carbocycles. The highest BCUT2D eigenvalue weighted by molar-refractivity contribution is 6.48. The van der Waals surface area contributed by atoms with Gasteiger partial charge in [-0.05, 0) is 81.3 Å². The van der Waals surface area contributed by atoms with Crippen molar-refractivity contribution in [3.8, 4) is 0 Å². The normalized spacial score (nSPS) is 16.9. The minimum atomic E-state index is -1.72. The number of carbonyl (C=O) groups is 2. The van der Waals surface area contributed by atoms with Gasteiger partial charge in [-0.25, -0.2) is 9.59 Å². The molecule has 0 spiro atoms. The molecule has 0 aromatic rings. The largest absolute Gasteiger partial charge is 0.479 e. The predicted octanol–water partition coefficient (Wildman–Crippen LogP) is 6.38. The molecule has 2 N–H and O–H groups in total. The average molecular weight is 515 g/mol. The molecular weight excluding hydrogens is 464 g/mol. The molecule has 0 aromatic carbocycles. The number of amides is 1. The Kier molecular flexibility index (Phi) is 12.8. The SMILES string of the molecule is CC(C)[C@@H](CN=[N+]=[N-])C[C@H](NC(=O)OC(C)(C)C)[C@@H](C[C@@](O[SiH](C)C)(C(=O)O)C(C)C)C(C)(C)C. The fourth-order valence-electron chi connectivity index (χ4n) is 4.41. The van der Waals surface area contributed by atoms with Crippen molar-refractivity contribution >= 4 is 21.1 Å². The number of carboxylic acids is 1. The van der Waals surface area contributed by atoms with E-state index < -0.39 is 38.3 Å². The van der Waals surface area contributed by atoms with E-state index in [2.05, 4.69) is 50.0 Å². The summed E-state index contributed by atoms with van der Waals surface area (Å²) in [5.41, 5.74) is 6.48. The molecule has 0 saturated carbocycles. The van der Waals surface area contributed by atoms with Crippen molar-refractivity contribution in [1.82, 2.24) is 5.32 Å². The summed E-state index contributed by atoms with van der Waals surface area (Å²) in [5, 5.41) is 17.3. The Bertz CT molecular complexity index is 739. The van der Waals surface area contributed by atoms with Gasteiger partial charge in [0.05, 0.1) is 0 Å². The number of carboxylic acid groups (broad SMARTS) is 1. The molecule has 0 aliphatic heterocycles. The molecule has 0 aromatic heterocycles. The number of azide groups is 1.